The second kappa shape index (κ2) is 5.70. The Kier molecular flexibility index (Phi) is 4.39. The Morgan fingerprint density at radius 2 is 2.11 bits per heavy atom. The van der Waals surface area contributed by atoms with Crippen molar-refractivity contribution in [2.24, 2.45) is 0 Å². The molecule has 19 heavy (non-hydrogen) atoms. The molecule has 0 atom stereocenters. The van der Waals surface area contributed by atoms with Gasteiger partial charge in [0.1, 0.15) is 10.0 Å². The first-order valence-corrected chi connectivity index (χ1v) is 8.48. The number of hydrogen-bond donors (Lipinski definition) is 1. The highest BCUT2D eigenvalue weighted by molar-refractivity contribution is 9.11. The molecule has 0 aliphatic heterocycles. The maximum absolute atomic E-state index is 13.0. The van der Waals surface area contributed by atoms with Gasteiger partial charge in [-0.3, -0.25) is 0 Å². The van der Waals surface area contributed by atoms with E-state index in [4.69, 9.17) is 0 Å². The highest BCUT2D eigenvalue weighted by Crippen LogP contribution is 2.30. The van der Waals surface area contributed by atoms with Gasteiger partial charge in [-0.1, -0.05) is 12.1 Å². The van der Waals surface area contributed by atoms with Crippen molar-refractivity contribution >= 4 is 37.3 Å². The minimum Gasteiger partial charge on any atom is -0.207 e. The smallest absolute Gasteiger partial charge is 0.207 e. The summed E-state index contributed by atoms with van der Waals surface area (Å²) in [5.74, 6) is -0.383. The average molecular weight is 364 g/mol. The molecule has 0 unspecified atom stereocenters. The van der Waals surface area contributed by atoms with Crippen molar-refractivity contribution in [2.75, 3.05) is 0 Å². The van der Waals surface area contributed by atoms with Gasteiger partial charge in [-0.15, -0.1) is 11.3 Å². The Hall–Kier alpha value is -0.760. The summed E-state index contributed by atoms with van der Waals surface area (Å²) >= 11 is 4.44. The molecule has 1 heterocycles. The van der Waals surface area contributed by atoms with Crippen LogP contribution >= 0.6 is 27.3 Å². The van der Waals surface area contributed by atoms with Crippen LogP contribution in [-0.4, -0.2) is 8.42 Å². The molecular formula is C12H11BrFNO2S2. The largest absolute Gasteiger partial charge is 0.250 e. The molecule has 0 aliphatic rings. The van der Waals surface area contributed by atoms with Crippen molar-refractivity contribution in [3.63, 3.8) is 0 Å². The van der Waals surface area contributed by atoms with Gasteiger partial charge in [0.05, 0.1) is 3.79 Å². The molecule has 0 fully saturated rings. The number of nitrogens with one attached hydrogen (secondary N) is 1. The van der Waals surface area contributed by atoms with Gasteiger partial charge in [0.15, 0.2) is 0 Å². The van der Waals surface area contributed by atoms with Crippen LogP contribution in [0.3, 0.4) is 0 Å². The van der Waals surface area contributed by atoms with E-state index in [2.05, 4.69) is 20.7 Å². The van der Waals surface area contributed by atoms with Gasteiger partial charge in [0, 0.05) is 6.54 Å². The minimum atomic E-state index is -3.56. The summed E-state index contributed by atoms with van der Waals surface area (Å²) in [6.45, 7) is 1.89. The molecule has 102 valence electrons. The van der Waals surface area contributed by atoms with Crippen LogP contribution in [0.1, 0.15) is 11.1 Å². The van der Waals surface area contributed by atoms with Crippen LogP contribution in [0.15, 0.2) is 38.3 Å². The van der Waals surface area contributed by atoms with Crippen molar-refractivity contribution in [3.05, 3.63) is 51.1 Å². The molecule has 1 N–H and O–H groups in total. The monoisotopic (exact) mass is 363 g/mol. The molecule has 7 heteroatoms. The molecule has 0 amide bonds. The Bertz CT molecular complexity index is 678. The summed E-state index contributed by atoms with van der Waals surface area (Å²) in [6.07, 6.45) is 0. The van der Waals surface area contributed by atoms with Gasteiger partial charge >= 0.3 is 0 Å². The quantitative estimate of drug-likeness (QED) is 0.904. The zero-order valence-corrected chi connectivity index (χ0v) is 13.2. The van der Waals surface area contributed by atoms with Gasteiger partial charge in [-0.25, -0.2) is 17.5 Å². The number of hydrogen-bond acceptors (Lipinski definition) is 3. The lowest BCUT2D eigenvalue weighted by Crippen LogP contribution is -2.22. The average Bonchev–Trinajstić information content (AvgIpc) is 2.68. The van der Waals surface area contributed by atoms with Gasteiger partial charge in [0.2, 0.25) is 10.0 Å². The van der Waals surface area contributed by atoms with Crippen molar-refractivity contribution in [2.45, 2.75) is 17.7 Å². The van der Waals surface area contributed by atoms with Crippen LogP contribution in [0.4, 0.5) is 4.39 Å². The lowest BCUT2D eigenvalue weighted by Gasteiger charge is -2.04. The number of halogens is 2. The van der Waals surface area contributed by atoms with Crippen LogP contribution in [0.5, 0.6) is 0 Å². The van der Waals surface area contributed by atoms with E-state index in [9.17, 15) is 12.8 Å². The molecule has 3 nitrogen and oxygen atoms in total. The van der Waals surface area contributed by atoms with E-state index >= 15 is 0 Å². The highest BCUT2D eigenvalue weighted by Gasteiger charge is 2.17. The number of rotatable bonds is 4. The summed E-state index contributed by atoms with van der Waals surface area (Å²) in [7, 11) is -3.56. The van der Waals surface area contributed by atoms with E-state index in [1.54, 1.807) is 18.2 Å². The summed E-state index contributed by atoms with van der Waals surface area (Å²) in [5.41, 5.74) is 1.45. The van der Waals surface area contributed by atoms with E-state index in [1.165, 1.54) is 12.1 Å². The van der Waals surface area contributed by atoms with Gasteiger partial charge in [0.25, 0.3) is 0 Å². The van der Waals surface area contributed by atoms with Crippen molar-refractivity contribution < 1.29 is 12.8 Å². The molecule has 2 rings (SSSR count). The maximum atomic E-state index is 13.0. The standard InChI is InChI=1S/C12H11BrFNO2S2/c1-8-5-11(18-12(8)13)19(16,17)15-7-9-3-2-4-10(14)6-9/h2-6,15H,7H2,1H3. The van der Waals surface area contributed by atoms with E-state index in [1.807, 2.05) is 6.92 Å². The molecule has 0 bridgehead atoms. The van der Waals surface area contributed by atoms with E-state index < -0.39 is 10.0 Å². The first-order chi connectivity index (χ1) is 8.88. The van der Waals surface area contributed by atoms with Gasteiger partial charge in [-0.2, -0.15) is 0 Å². The molecule has 0 aliphatic carbocycles. The van der Waals surface area contributed by atoms with Crippen LogP contribution < -0.4 is 4.72 Å². The predicted octanol–water partition coefficient (Wildman–Crippen LogP) is 3.44. The van der Waals surface area contributed by atoms with Gasteiger partial charge in [-0.05, 0) is 52.2 Å². The van der Waals surface area contributed by atoms with E-state index in [0.717, 1.165) is 20.7 Å². The van der Waals surface area contributed by atoms with Gasteiger partial charge < -0.3 is 0 Å². The molecule has 2 aromatic rings. The summed E-state index contributed by atoms with van der Waals surface area (Å²) < 4.78 is 40.6. The van der Waals surface area contributed by atoms with Crippen molar-refractivity contribution in [1.29, 1.82) is 0 Å². The van der Waals surface area contributed by atoms with E-state index in [0.29, 0.717) is 5.56 Å². The Morgan fingerprint density at radius 3 is 2.68 bits per heavy atom. The number of benzene rings is 1. The normalized spacial score (nSPS) is 11.7. The Balaban J connectivity index is 2.14. The molecule has 0 saturated heterocycles. The summed E-state index contributed by atoms with van der Waals surface area (Å²) in [5, 5.41) is 0. The second-order valence-electron chi connectivity index (χ2n) is 3.98. The Morgan fingerprint density at radius 1 is 1.37 bits per heavy atom. The minimum absolute atomic E-state index is 0.0641. The third-order valence-corrected chi connectivity index (χ3v) is 6.47. The Labute approximate surface area is 123 Å². The molecule has 0 spiro atoms. The first-order valence-electron chi connectivity index (χ1n) is 5.38. The zero-order chi connectivity index (χ0) is 14.0. The predicted molar refractivity (Wildman–Crippen MR) is 77.2 cm³/mol. The highest BCUT2D eigenvalue weighted by atomic mass is 79.9. The molecule has 1 aromatic heterocycles. The second-order valence-corrected chi connectivity index (χ2v) is 8.34. The number of thiophene rings is 1. The third kappa shape index (κ3) is 3.62. The molecule has 0 radical (unpaired) electrons. The lowest BCUT2D eigenvalue weighted by atomic mass is 10.2. The fourth-order valence-electron chi connectivity index (χ4n) is 1.46. The summed E-state index contributed by atoms with van der Waals surface area (Å²) in [4.78, 5) is 0. The summed E-state index contributed by atoms with van der Waals surface area (Å²) in [6, 6.07) is 7.44. The fraction of sp³-hybridized carbons (Fsp3) is 0.167. The van der Waals surface area contributed by atoms with Crippen LogP contribution in [0.2, 0.25) is 0 Å². The van der Waals surface area contributed by atoms with Crippen molar-refractivity contribution in [3.8, 4) is 0 Å². The van der Waals surface area contributed by atoms with Crippen LogP contribution in [0, 0.1) is 12.7 Å². The van der Waals surface area contributed by atoms with Crippen molar-refractivity contribution in [1.82, 2.24) is 4.72 Å². The maximum Gasteiger partial charge on any atom is 0.250 e. The van der Waals surface area contributed by atoms with Crippen LogP contribution in [0.25, 0.3) is 0 Å². The zero-order valence-electron chi connectivity index (χ0n) is 9.98. The molecule has 1 aromatic carbocycles. The molecular weight excluding hydrogens is 353 g/mol. The third-order valence-electron chi connectivity index (χ3n) is 2.45. The lowest BCUT2D eigenvalue weighted by molar-refractivity contribution is 0.582. The topological polar surface area (TPSA) is 46.2 Å². The van der Waals surface area contributed by atoms with Crippen LogP contribution in [-0.2, 0) is 16.6 Å². The SMILES string of the molecule is Cc1cc(S(=O)(=O)NCc2cccc(F)c2)sc1Br. The number of aryl methyl sites for hydroxylation is 1. The van der Waals surface area contributed by atoms with E-state index in [-0.39, 0.29) is 16.6 Å². The fourth-order valence-corrected chi connectivity index (χ4v) is 4.75. The number of sulfonamides is 1. The molecule has 0 saturated carbocycles. The first kappa shape index (κ1) is 14.6.